The van der Waals surface area contributed by atoms with Crippen LogP contribution >= 0.6 is 11.6 Å². The molecule has 2 aliphatic rings. The maximum absolute atomic E-state index is 13.0. The number of carboxylic acids is 1. The topological polar surface area (TPSA) is 256 Å². The van der Waals surface area contributed by atoms with E-state index in [2.05, 4.69) is 16.0 Å². The van der Waals surface area contributed by atoms with Gasteiger partial charge in [0.15, 0.2) is 0 Å². The monoisotopic (exact) mass is 1050 g/mol. The number of anilines is 1. The summed E-state index contributed by atoms with van der Waals surface area (Å²) in [5.74, 6) is -1.01. The molecule has 0 bridgehead atoms. The highest BCUT2D eigenvalue weighted by Gasteiger charge is 2.39. The maximum Gasteiger partial charge on any atom is 0.335 e. The molecule has 22 nitrogen and oxygen atoms in total. The second-order valence-electron chi connectivity index (χ2n) is 16.0. The highest BCUT2D eigenvalue weighted by Crippen LogP contribution is 2.29. The molecule has 5 rings (SSSR count). The van der Waals surface area contributed by atoms with E-state index in [9.17, 15) is 24.0 Å². The van der Waals surface area contributed by atoms with Crippen LogP contribution in [0.3, 0.4) is 0 Å². The third-order valence-electron chi connectivity index (χ3n) is 10.6. The number of nitrogens with zero attached hydrogens (tertiary/aromatic N) is 1. The van der Waals surface area contributed by atoms with Gasteiger partial charge >= 0.3 is 12.0 Å². The van der Waals surface area contributed by atoms with E-state index in [1.54, 1.807) is 42.5 Å². The number of fused-ring (bicyclic) bond motifs is 1. The number of carbonyl (C=O) groups excluding carboxylic acids is 4. The van der Waals surface area contributed by atoms with E-state index in [1.807, 2.05) is 6.07 Å². The van der Waals surface area contributed by atoms with Crippen molar-refractivity contribution in [2.45, 2.75) is 32.0 Å². The second-order valence-corrected chi connectivity index (χ2v) is 16.5. The molecule has 0 aromatic heterocycles. The van der Waals surface area contributed by atoms with Crippen molar-refractivity contribution >= 4 is 47.0 Å². The minimum Gasteiger partial charge on any atom is -0.491 e. The smallest absolute Gasteiger partial charge is 0.335 e. The average molecular weight is 1050 g/mol. The number of hydrogen-bond acceptors (Lipinski definition) is 17. The lowest BCUT2D eigenvalue weighted by molar-refractivity contribution is -0.136. The van der Waals surface area contributed by atoms with Gasteiger partial charge < -0.3 is 77.5 Å². The number of aromatic carboxylic acids is 1. The van der Waals surface area contributed by atoms with Crippen LogP contribution in [0.15, 0.2) is 60.7 Å². The van der Waals surface area contributed by atoms with Gasteiger partial charge in [-0.15, -0.1) is 0 Å². The Morgan fingerprint density at radius 1 is 0.589 bits per heavy atom. The molecule has 73 heavy (non-hydrogen) atoms. The summed E-state index contributed by atoms with van der Waals surface area (Å²) in [6, 6.07) is 15.2. The largest absolute Gasteiger partial charge is 0.491 e. The Morgan fingerprint density at radius 2 is 1.05 bits per heavy atom. The predicted octanol–water partition coefficient (Wildman–Crippen LogP) is 3.74. The number of carboxylic acid groups (broad SMARTS) is 1. The van der Waals surface area contributed by atoms with Gasteiger partial charge in [-0.05, 0) is 60.0 Å². The summed E-state index contributed by atoms with van der Waals surface area (Å²) in [7, 11) is 0. The summed E-state index contributed by atoms with van der Waals surface area (Å²) in [6.45, 7) is 9.60. The molecule has 0 aliphatic carbocycles. The highest BCUT2D eigenvalue weighted by atomic mass is 35.5. The minimum absolute atomic E-state index is 0.180. The van der Waals surface area contributed by atoms with Gasteiger partial charge in [-0.3, -0.25) is 19.7 Å². The van der Waals surface area contributed by atoms with Gasteiger partial charge in [0.1, 0.15) is 30.8 Å². The number of nitrogens with one attached hydrogen (secondary N) is 3. The number of hydrogen-bond donors (Lipinski definition) is 4. The van der Waals surface area contributed by atoms with E-state index in [0.29, 0.717) is 167 Å². The van der Waals surface area contributed by atoms with Crippen LogP contribution in [0, 0.1) is 0 Å². The normalized spacial score (nSPS) is 14.3. The second kappa shape index (κ2) is 34.8. The van der Waals surface area contributed by atoms with Gasteiger partial charge in [-0.1, -0.05) is 23.7 Å². The number of carbonyl (C=O) groups is 5. The Labute approximate surface area is 429 Å². The van der Waals surface area contributed by atoms with Crippen molar-refractivity contribution in [3.05, 3.63) is 87.9 Å². The van der Waals surface area contributed by atoms with Crippen LogP contribution in [0.4, 0.5) is 10.5 Å². The average Bonchev–Trinajstić information content (AvgIpc) is 3.70. The summed E-state index contributed by atoms with van der Waals surface area (Å²) < 4.78 is 66.4. The fourth-order valence-electron chi connectivity index (χ4n) is 7.03. The van der Waals surface area contributed by atoms with Gasteiger partial charge in [-0.2, -0.15) is 0 Å². The predicted molar refractivity (Wildman–Crippen MR) is 262 cm³/mol. The molecule has 23 heteroatoms. The number of piperidine rings is 1. The lowest BCUT2D eigenvalue weighted by atomic mass is 10.0. The number of halogens is 1. The summed E-state index contributed by atoms with van der Waals surface area (Å²) in [4.78, 5) is 62.0. The zero-order valence-electron chi connectivity index (χ0n) is 40.9. The van der Waals surface area contributed by atoms with Crippen LogP contribution in [0.25, 0.3) is 0 Å². The Morgan fingerprint density at radius 3 is 1.52 bits per heavy atom. The standard InChI is InChI=1S/C50H67ClN4O18/c51-40-32-41(53-50(61)52-35-37-1-6-44-39(31-37)36-55(48(44)58)45-7-8-46(56)54-47(45)57)34-43(33-40)73-30-28-71-26-24-69-22-20-67-18-16-65-14-12-63-10-9-62-11-13-64-15-17-66-19-21-68-23-25-70-27-29-72-42-4-2-38(3-5-42)49(59)60/h1-6,31-34,45H,7-30,35-36H2,(H,59,60)(H2,52,53,61)(H,54,56,57). The summed E-state index contributed by atoms with van der Waals surface area (Å²) in [5, 5.41) is 17.1. The molecule has 2 heterocycles. The number of amides is 5. The van der Waals surface area contributed by atoms with Crippen molar-refractivity contribution in [3.63, 3.8) is 0 Å². The minimum atomic E-state index is -0.978. The lowest BCUT2D eigenvalue weighted by Crippen LogP contribution is -2.52. The molecule has 2 aliphatic heterocycles. The molecule has 1 saturated heterocycles. The zero-order chi connectivity index (χ0) is 51.7. The third-order valence-corrected chi connectivity index (χ3v) is 10.8. The Balaban J connectivity index is 0.724. The van der Waals surface area contributed by atoms with Crippen LogP contribution in [0.1, 0.15) is 44.7 Å². The van der Waals surface area contributed by atoms with Gasteiger partial charge in [0.2, 0.25) is 11.8 Å². The van der Waals surface area contributed by atoms with Gasteiger partial charge in [0, 0.05) is 41.9 Å². The molecular weight excluding hydrogens is 980 g/mol. The first-order valence-electron chi connectivity index (χ1n) is 24.1. The molecular formula is C50H67ClN4O18. The number of urea groups is 1. The molecule has 4 N–H and O–H groups in total. The summed E-state index contributed by atoms with van der Waals surface area (Å²) in [5.41, 5.74) is 2.65. The lowest BCUT2D eigenvalue weighted by Gasteiger charge is -2.29. The van der Waals surface area contributed by atoms with Gasteiger partial charge in [0.05, 0.1) is 138 Å². The van der Waals surface area contributed by atoms with Crippen LogP contribution < -0.4 is 25.4 Å². The summed E-state index contributed by atoms with van der Waals surface area (Å²) >= 11 is 6.28. The number of ether oxygens (including phenoxy) is 12. The highest BCUT2D eigenvalue weighted by molar-refractivity contribution is 6.31. The zero-order valence-corrected chi connectivity index (χ0v) is 41.7. The molecule has 5 amide bonds. The van der Waals surface area contributed by atoms with Crippen molar-refractivity contribution in [1.29, 1.82) is 0 Å². The molecule has 1 fully saturated rings. The Bertz CT molecular complexity index is 2140. The molecule has 402 valence electrons. The van der Waals surface area contributed by atoms with E-state index in [1.165, 1.54) is 17.0 Å². The van der Waals surface area contributed by atoms with Crippen molar-refractivity contribution in [1.82, 2.24) is 15.5 Å². The van der Waals surface area contributed by atoms with E-state index < -0.39 is 23.9 Å². The van der Waals surface area contributed by atoms with Crippen molar-refractivity contribution in [2.75, 3.05) is 151 Å². The first-order chi connectivity index (χ1) is 35.7. The van der Waals surface area contributed by atoms with E-state index in [0.717, 1.165) is 11.1 Å². The quantitative estimate of drug-likeness (QED) is 0.0467. The third kappa shape index (κ3) is 23.5. The van der Waals surface area contributed by atoms with E-state index in [4.69, 9.17) is 73.5 Å². The van der Waals surface area contributed by atoms with E-state index >= 15 is 0 Å². The van der Waals surface area contributed by atoms with Gasteiger partial charge in [-0.25, -0.2) is 9.59 Å². The number of rotatable bonds is 40. The van der Waals surface area contributed by atoms with Crippen molar-refractivity contribution < 1.29 is 85.9 Å². The van der Waals surface area contributed by atoms with E-state index in [-0.39, 0.29) is 49.9 Å². The van der Waals surface area contributed by atoms with Crippen LogP contribution in [0.2, 0.25) is 5.02 Å². The van der Waals surface area contributed by atoms with Crippen molar-refractivity contribution in [2.24, 2.45) is 0 Å². The number of benzene rings is 3. The maximum atomic E-state index is 13.0. The number of imide groups is 1. The first kappa shape index (κ1) is 58.4. The van der Waals surface area contributed by atoms with Crippen LogP contribution in [-0.4, -0.2) is 191 Å². The molecule has 3 aromatic carbocycles. The van der Waals surface area contributed by atoms with Gasteiger partial charge in [0.25, 0.3) is 5.91 Å². The Hall–Kier alpha value is -5.50. The first-order valence-corrected chi connectivity index (χ1v) is 24.5. The fraction of sp³-hybridized carbons (Fsp3) is 0.540. The van der Waals surface area contributed by atoms with Crippen LogP contribution in [-0.2, 0) is 70.0 Å². The fourth-order valence-corrected chi connectivity index (χ4v) is 7.25. The Kier molecular flexibility index (Phi) is 27.9. The molecule has 1 atom stereocenters. The summed E-state index contributed by atoms with van der Waals surface area (Å²) in [6.07, 6.45) is 0.464. The van der Waals surface area contributed by atoms with Crippen molar-refractivity contribution in [3.8, 4) is 11.5 Å². The molecule has 0 saturated carbocycles. The van der Waals surface area contributed by atoms with Crippen LogP contribution in [0.5, 0.6) is 11.5 Å². The molecule has 0 radical (unpaired) electrons. The molecule has 3 aromatic rings. The molecule has 0 spiro atoms. The SMILES string of the molecule is O=C1CCC(N2Cc3cc(CNC(=O)Nc4cc(Cl)cc(OCCOCCOCCOCCOCCOCCOCCOCCOCCOCCOCCOc5ccc(C(=O)O)cc5)c4)ccc3C2=O)C(=O)N1. The molecule has 1 unspecified atom stereocenters.